The van der Waals surface area contributed by atoms with Crippen LogP contribution in [-0.2, 0) is 0 Å². The van der Waals surface area contributed by atoms with Crippen LogP contribution >= 0.6 is 23.1 Å². The van der Waals surface area contributed by atoms with Crippen molar-refractivity contribution in [1.29, 1.82) is 5.26 Å². The predicted molar refractivity (Wildman–Crippen MR) is 58.5 cm³/mol. The lowest BCUT2D eigenvalue weighted by molar-refractivity contribution is 0.466. The standard InChI is InChI=1S/C9H7N3OS2/c1-6(5-10)15-9-12-11-8(13-9)7-3-2-4-14-7/h2-4,6H,1H3/t6-/m1/s1. The van der Waals surface area contributed by atoms with Gasteiger partial charge >= 0.3 is 0 Å². The van der Waals surface area contributed by atoms with Crippen LogP contribution in [0.25, 0.3) is 10.8 Å². The van der Waals surface area contributed by atoms with E-state index in [9.17, 15) is 0 Å². The summed E-state index contributed by atoms with van der Waals surface area (Å²) >= 11 is 2.81. The van der Waals surface area contributed by atoms with Gasteiger partial charge in [-0.1, -0.05) is 6.07 Å². The molecule has 4 nitrogen and oxygen atoms in total. The minimum absolute atomic E-state index is 0.179. The summed E-state index contributed by atoms with van der Waals surface area (Å²) in [6.45, 7) is 1.79. The lowest BCUT2D eigenvalue weighted by Gasteiger charge is -1.93. The van der Waals surface area contributed by atoms with Gasteiger partial charge in [-0.2, -0.15) is 5.26 Å². The first-order chi connectivity index (χ1) is 7.29. The van der Waals surface area contributed by atoms with Crippen molar-refractivity contribution in [3.05, 3.63) is 17.5 Å². The van der Waals surface area contributed by atoms with Gasteiger partial charge in [0.05, 0.1) is 16.2 Å². The molecule has 0 saturated carbocycles. The molecule has 0 aliphatic carbocycles. The van der Waals surface area contributed by atoms with Crippen molar-refractivity contribution >= 4 is 23.1 Å². The van der Waals surface area contributed by atoms with E-state index in [4.69, 9.17) is 9.68 Å². The van der Waals surface area contributed by atoms with Crippen molar-refractivity contribution in [1.82, 2.24) is 10.2 Å². The molecule has 0 fully saturated rings. The van der Waals surface area contributed by atoms with Crippen molar-refractivity contribution in [2.24, 2.45) is 0 Å². The number of hydrogen-bond donors (Lipinski definition) is 0. The highest BCUT2D eigenvalue weighted by atomic mass is 32.2. The van der Waals surface area contributed by atoms with Crippen LogP contribution in [0.1, 0.15) is 6.92 Å². The van der Waals surface area contributed by atoms with Crippen molar-refractivity contribution in [3.63, 3.8) is 0 Å². The minimum atomic E-state index is -0.179. The average Bonchev–Trinajstić information content (AvgIpc) is 2.85. The summed E-state index contributed by atoms with van der Waals surface area (Å²) in [5.74, 6) is 0.512. The first-order valence-electron chi connectivity index (χ1n) is 4.23. The topological polar surface area (TPSA) is 62.7 Å². The molecule has 0 aliphatic rings. The van der Waals surface area contributed by atoms with Gasteiger partial charge in [-0.3, -0.25) is 0 Å². The first kappa shape index (κ1) is 10.2. The Balaban J connectivity index is 2.15. The fraction of sp³-hybridized carbons (Fsp3) is 0.222. The maximum absolute atomic E-state index is 8.63. The lowest BCUT2D eigenvalue weighted by Crippen LogP contribution is -1.88. The molecule has 6 heteroatoms. The Morgan fingerprint density at radius 2 is 2.47 bits per heavy atom. The number of rotatable bonds is 3. The Labute approximate surface area is 94.9 Å². The Bertz CT molecular complexity index is 472. The second kappa shape index (κ2) is 4.47. The molecule has 0 spiro atoms. The fourth-order valence-electron chi connectivity index (χ4n) is 0.935. The number of thiophene rings is 1. The number of hydrogen-bond acceptors (Lipinski definition) is 6. The highest BCUT2D eigenvalue weighted by Gasteiger charge is 2.12. The summed E-state index contributed by atoms with van der Waals surface area (Å²) in [6.07, 6.45) is 0. The molecule has 1 atom stereocenters. The van der Waals surface area contributed by atoms with Gasteiger partial charge in [-0.05, 0) is 30.1 Å². The van der Waals surface area contributed by atoms with Crippen molar-refractivity contribution in [2.45, 2.75) is 17.4 Å². The second-order valence-electron chi connectivity index (χ2n) is 2.74. The van der Waals surface area contributed by atoms with Crippen LogP contribution in [0, 0.1) is 11.3 Å². The number of nitrogens with zero attached hydrogens (tertiary/aromatic N) is 3. The molecule has 0 bridgehead atoms. The van der Waals surface area contributed by atoms with Crippen molar-refractivity contribution in [3.8, 4) is 16.8 Å². The van der Waals surface area contributed by atoms with Crippen molar-refractivity contribution < 1.29 is 4.42 Å². The highest BCUT2D eigenvalue weighted by molar-refractivity contribution is 7.99. The van der Waals surface area contributed by atoms with Crippen LogP contribution in [0.3, 0.4) is 0 Å². The second-order valence-corrected chi connectivity index (χ2v) is 4.98. The zero-order valence-corrected chi connectivity index (χ0v) is 9.51. The van der Waals surface area contributed by atoms with E-state index in [1.165, 1.54) is 11.8 Å². The van der Waals surface area contributed by atoms with E-state index >= 15 is 0 Å². The van der Waals surface area contributed by atoms with Gasteiger partial charge in [0, 0.05) is 0 Å². The molecule has 0 radical (unpaired) electrons. The van der Waals surface area contributed by atoms with Crippen LogP contribution in [-0.4, -0.2) is 15.4 Å². The molecule has 0 saturated heterocycles. The van der Waals surface area contributed by atoms with Gasteiger partial charge in [0.2, 0.25) is 0 Å². The number of thioether (sulfide) groups is 1. The summed E-state index contributed by atoms with van der Waals surface area (Å²) in [7, 11) is 0. The van der Waals surface area contributed by atoms with E-state index in [1.807, 2.05) is 17.5 Å². The Morgan fingerprint density at radius 3 is 3.13 bits per heavy atom. The van der Waals surface area contributed by atoms with Gasteiger partial charge in [-0.15, -0.1) is 21.5 Å². The summed E-state index contributed by atoms with van der Waals surface area (Å²) in [5.41, 5.74) is 0. The minimum Gasteiger partial charge on any atom is -0.410 e. The molecule has 2 heterocycles. The molecular formula is C9H7N3OS2. The first-order valence-corrected chi connectivity index (χ1v) is 5.99. The zero-order chi connectivity index (χ0) is 10.7. The van der Waals surface area contributed by atoms with Gasteiger partial charge in [0.15, 0.2) is 0 Å². The van der Waals surface area contributed by atoms with Crippen LogP contribution in [0.2, 0.25) is 0 Å². The molecular weight excluding hydrogens is 230 g/mol. The molecule has 76 valence electrons. The largest absolute Gasteiger partial charge is 0.410 e. The predicted octanol–water partition coefficient (Wildman–Crippen LogP) is 2.80. The lowest BCUT2D eigenvalue weighted by atomic mass is 10.5. The third-order valence-corrected chi connectivity index (χ3v) is 3.28. The van der Waals surface area contributed by atoms with E-state index in [2.05, 4.69) is 16.3 Å². The van der Waals surface area contributed by atoms with Crippen LogP contribution in [0.5, 0.6) is 0 Å². The molecule has 2 aromatic heterocycles. The maximum atomic E-state index is 8.63. The number of aromatic nitrogens is 2. The third-order valence-electron chi connectivity index (χ3n) is 1.60. The van der Waals surface area contributed by atoms with E-state index in [0.717, 1.165) is 4.88 Å². The van der Waals surface area contributed by atoms with Crippen LogP contribution in [0.15, 0.2) is 27.2 Å². The Hall–Kier alpha value is -1.32. The van der Waals surface area contributed by atoms with Crippen LogP contribution < -0.4 is 0 Å². The molecule has 2 rings (SSSR count). The molecule has 2 aromatic rings. The molecule has 0 unspecified atom stereocenters. The van der Waals surface area contributed by atoms with E-state index in [1.54, 1.807) is 18.3 Å². The summed E-state index contributed by atoms with van der Waals surface area (Å²) in [4.78, 5) is 0.943. The summed E-state index contributed by atoms with van der Waals surface area (Å²) in [5, 5.41) is 18.6. The molecule has 15 heavy (non-hydrogen) atoms. The third kappa shape index (κ3) is 2.37. The van der Waals surface area contributed by atoms with Gasteiger partial charge < -0.3 is 4.42 Å². The normalized spacial score (nSPS) is 12.3. The van der Waals surface area contributed by atoms with E-state index in [-0.39, 0.29) is 5.25 Å². The van der Waals surface area contributed by atoms with E-state index in [0.29, 0.717) is 11.1 Å². The van der Waals surface area contributed by atoms with E-state index < -0.39 is 0 Å². The summed E-state index contributed by atoms with van der Waals surface area (Å²) in [6, 6.07) is 5.94. The monoisotopic (exact) mass is 237 g/mol. The average molecular weight is 237 g/mol. The Morgan fingerprint density at radius 1 is 1.60 bits per heavy atom. The number of nitriles is 1. The molecule has 0 aromatic carbocycles. The smallest absolute Gasteiger partial charge is 0.278 e. The highest BCUT2D eigenvalue weighted by Crippen LogP contribution is 2.27. The SMILES string of the molecule is C[C@H](C#N)Sc1nnc(-c2cccs2)o1. The molecule has 0 aliphatic heterocycles. The summed E-state index contributed by atoms with van der Waals surface area (Å²) < 4.78 is 5.40. The van der Waals surface area contributed by atoms with Gasteiger partial charge in [0.1, 0.15) is 0 Å². The van der Waals surface area contributed by atoms with Crippen LogP contribution in [0.4, 0.5) is 0 Å². The van der Waals surface area contributed by atoms with Gasteiger partial charge in [-0.25, -0.2) is 0 Å². The molecule has 0 amide bonds. The van der Waals surface area contributed by atoms with Crippen molar-refractivity contribution in [2.75, 3.05) is 0 Å². The Kier molecular flexibility index (Phi) is 3.04. The maximum Gasteiger partial charge on any atom is 0.278 e. The quantitative estimate of drug-likeness (QED) is 0.768. The molecule has 0 N–H and O–H groups in total. The fourth-order valence-corrected chi connectivity index (χ4v) is 2.15. The van der Waals surface area contributed by atoms with Gasteiger partial charge in [0.25, 0.3) is 11.1 Å². The zero-order valence-electron chi connectivity index (χ0n) is 7.88.